The highest BCUT2D eigenvalue weighted by Gasteiger charge is 2.43. The number of halogens is 1. The Kier molecular flexibility index (Phi) is 6.31. The van der Waals surface area contributed by atoms with Crippen molar-refractivity contribution >= 4 is 33.4 Å². The third kappa shape index (κ3) is 4.18. The molecule has 0 aromatic heterocycles. The van der Waals surface area contributed by atoms with Crippen molar-refractivity contribution in [3.63, 3.8) is 0 Å². The molecule has 1 fully saturated rings. The number of ketones is 1. The normalized spacial score (nSPS) is 18.9. The number of carbonyl (C=O) groups is 2. The van der Waals surface area contributed by atoms with Gasteiger partial charge in [0.25, 0.3) is 5.91 Å². The first-order valence-corrected chi connectivity index (χ1v) is 10.1. The van der Waals surface area contributed by atoms with E-state index in [0.717, 1.165) is 23.0 Å². The first-order chi connectivity index (χ1) is 13.4. The number of rotatable bonds is 6. The average Bonchev–Trinajstić information content (AvgIpc) is 2.93. The van der Waals surface area contributed by atoms with E-state index in [1.165, 1.54) is 4.90 Å². The van der Waals surface area contributed by atoms with Gasteiger partial charge in [0, 0.05) is 23.0 Å². The van der Waals surface area contributed by atoms with E-state index in [1.807, 2.05) is 44.4 Å². The van der Waals surface area contributed by atoms with E-state index in [4.69, 9.17) is 0 Å². The number of amides is 1. The van der Waals surface area contributed by atoms with E-state index in [1.54, 1.807) is 29.2 Å². The lowest BCUT2D eigenvalue weighted by Crippen LogP contribution is -3.05. The first kappa shape index (κ1) is 20.3. The van der Waals surface area contributed by atoms with E-state index < -0.39 is 17.7 Å². The van der Waals surface area contributed by atoms with Crippen molar-refractivity contribution in [1.29, 1.82) is 0 Å². The van der Waals surface area contributed by atoms with Gasteiger partial charge in [-0.15, -0.1) is 0 Å². The lowest BCUT2D eigenvalue weighted by molar-refractivity contribution is -0.858. The SMILES string of the molecule is C[NH+](C)CCCN1C(=O)C(=O)/C(=C(/[O-])c2ccc(Br)cc2)C1c1ccccc1. The Bertz CT molecular complexity index is 892. The molecule has 28 heavy (non-hydrogen) atoms. The first-order valence-electron chi connectivity index (χ1n) is 9.26. The van der Waals surface area contributed by atoms with Crippen LogP contribution in [0.4, 0.5) is 0 Å². The van der Waals surface area contributed by atoms with Gasteiger partial charge in [0.2, 0.25) is 5.78 Å². The molecule has 5 nitrogen and oxygen atoms in total. The molecule has 3 rings (SSSR count). The van der Waals surface area contributed by atoms with Crippen molar-refractivity contribution in [1.82, 2.24) is 4.90 Å². The molecule has 1 aliphatic rings. The van der Waals surface area contributed by atoms with Gasteiger partial charge in [0.15, 0.2) is 0 Å². The molecule has 0 saturated carbocycles. The summed E-state index contributed by atoms with van der Waals surface area (Å²) in [5, 5.41) is 13.2. The van der Waals surface area contributed by atoms with E-state index in [9.17, 15) is 14.7 Å². The minimum absolute atomic E-state index is 0.0377. The largest absolute Gasteiger partial charge is 0.872 e. The Balaban J connectivity index is 2.06. The van der Waals surface area contributed by atoms with E-state index >= 15 is 0 Å². The minimum atomic E-state index is -0.695. The number of carbonyl (C=O) groups excluding carboxylic acids is 2. The van der Waals surface area contributed by atoms with Gasteiger partial charge in [-0.3, -0.25) is 9.59 Å². The van der Waals surface area contributed by atoms with Crippen molar-refractivity contribution in [2.75, 3.05) is 27.2 Å². The summed E-state index contributed by atoms with van der Waals surface area (Å²) in [4.78, 5) is 28.4. The topological polar surface area (TPSA) is 64.9 Å². The third-order valence-electron chi connectivity index (χ3n) is 4.83. The number of Topliss-reactive ketones (excluding diaryl/α,β-unsaturated/α-hetero) is 1. The highest BCUT2D eigenvalue weighted by Crippen LogP contribution is 2.38. The summed E-state index contributed by atoms with van der Waals surface area (Å²) in [6.07, 6.45) is 0.754. The monoisotopic (exact) mass is 442 g/mol. The van der Waals surface area contributed by atoms with E-state index in [0.29, 0.717) is 12.1 Å². The molecular weight excluding hydrogens is 420 g/mol. The number of quaternary nitrogens is 1. The maximum atomic E-state index is 13.2. The van der Waals surface area contributed by atoms with Gasteiger partial charge in [-0.25, -0.2) is 0 Å². The summed E-state index contributed by atoms with van der Waals surface area (Å²) in [5.74, 6) is -1.68. The fraction of sp³-hybridized carbons (Fsp3) is 0.273. The molecule has 2 aromatic carbocycles. The fourth-order valence-electron chi connectivity index (χ4n) is 3.44. The maximum Gasteiger partial charge on any atom is 0.295 e. The zero-order valence-electron chi connectivity index (χ0n) is 15.9. The number of likely N-dealkylation sites (tertiary alicyclic amines) is 1. The van der Waals surface area contributed by atoms with Crippen LogP contribution >= 0.6 is 15.9 Å². The zero-order valence-corrected chi connectivity index (χ0v) is 17.5. The lowest BCUT2D eigenvalue weighted by Gasteiger charge is -2.27. The molecular formula is C22H23BrN2O3. The minimum Gasteiger partial charge on any atom is -0.872 e. The zero-order chi connectivity index (χ0) is 20.3. The Morgan fingerprint density at radius 3 is 2.32 bits per heavy atom. The Labute approximate surface area is 173 Å². The van der Waals surface area contributed by atoms with Gasteiger partial charge in [-0.05, 0) is 23.3 Å². The molecule has 0 spiro atoms. The summed E-state index contributed by atoms with van der Waals surface area (Å²) >= 11 is 3.35. The maximum absolute atomic E-state index is 13.2. The van der Waals surface area contributed by atoms with Crippen LogP contribution in [0.1, 0.15) is 23.6 Å². The molecule has 6 heteroatoms. The highest BCUT2D eigenvalue weighted by atomic mass is 79.9. The molecule has 0 aliphatic carbocycles. The lowest BCUT2D eigenvalue weighted by atomic mass is 9.95. The smallest absolute Gasteiger partial charge is 0.295 e. The van der Waals surface area contributed by atoms with Crippen LogP contribution in [-0.4, -0.2) is 43.8 Å². The number of hydrogen-bond acceptors (Lipinski definition) is 3. The second kappa shape index (κ2) is 8.71. The number of nitrogens with zero attached hydrogens (tertiary/aromatic N) is 1. The average molecular weight is 443 g/mol. The molecule has 1 atom stereocenters. The van der Waals surface area contributed by atoms with Crippen LogP contribution in [0, 0.1) is 0 Å². The van der Waals surface area contributed by atoms with Crippen LogP contribution in [0.25, 0.3) is 5.76 Å². The molecule has 1 amide bonds. The standard InChI is InChI=1S/C22H23BrN2O3/c1-24(2)13-6-14-25-19(15-7-4-3-5-8-15)18(21(27)22(25)28)20(26)16-9-11-17(23)12-10-16/h3-5,7-12,19,26H,6,13-14H2,1-2H3/b20-18+. The van der Waals surface area contributed by atoms with Gasteiger partial charge in [0.05, 0.1) is 26.7 Å². The molecule has 1 N–H and O–H groups in total. The third-order valence-corrected chi connectivity index (χ3v) is 5.36. The van der Waals surface area contributed by atoms with Crippen LogP contribution < -0.4 is 10.0 Å². The summed E-state index contributed by atoms with van der Waals surface area (Å²) in [6.45, 7) is 1.31. The molecule has 1 aliphatic heterocycles. The van der Waals surface area contributed by atoms with Crippen LogP contribution in [0.15, 0.2) is 64.6 Å². The van der Waals surface area contributed by atoms with Crippen LogP contribution in [0.5, 0.6) is 0 Å². The van der Waals surface area contributed by atoms with Crippen molar-refractivity contribution in [2.24, 2.45) is 0 Å². The van der Waals surface area contributed by atoms with Gasteiger partial charge in [-0.2, -0.15) is 0 Å². The van der Waals surface area contributed by atoms with Gasteiger partial charge in [-0.1, -0.05) is 64.2 Å². The molecule has 1 saturated heterocycles. The van der Waals surface area contributed by atoms with E-state index in [2.05, 4.69) is 15.9 Å². The van der Waals surface area contributed by atoms with Crippen molar-refractivity contribution in [3.8, 4) is 0 Å². The number of nitrogens with one attached hydrogen (secondary N) is 1. The predicted molar refractivity (Wildman–Crippen MR) is 109 cm³/mol. The molecule has 1 heterocycles. The summed E-state index contributed by atoms with van der Waals surface area (Å²) in [7, 11) is 4.08. The van der Waals surface area contributed by atoms with Crippen LogP contribution in [0.3, 0.4) is 0 Å². The molecule has 2 aromatic rings. The summed E-state index contributed by atoms with van der Waals surface area (Å²) in [6, 6.07) is 15.5. The summed E-state index contributed by atoms with van der Waals surface area (Å²) < 4.78 is 0.843. The second-order valence-corrected chi connectivity index (χ2v) is 8.12. The van der Waals surface area contributed by atoms with Gasteiger partial charge < -0.3 is 14.9 Å². The van der Waals surface area contributed by atoms with Crippen molar-refractivity contribution in [3.05, 3.63) is 75.8 Å². The highest BCUT2D eigenvalue weighted by molar-refractivity contribution is 9.10. The van der Waals surface area contributed by atoms with Crippen molar-refractivity contribution in [2.45, 2.75) is 12.5 Å². The van der Waals surface area contributed by atoms with Crippen LogP contribution in [0.2, 0.25) is 0 Å². The number of hydrogen-bond donors (Lipinski definition) is 1. The molecule has 1 unspecified atom stereocenters. The van der Waals surface area contributed by atoms with Gasteiger partial charge in [0.1, 0.15) is 0 Å². The Morgan fingerprint density at radius 1 is 1.07 bits per heavy atom. The molecule has 0 bridgehead atoms. The van der Waals surface area contributed by atoms with Crippen molar-refractivity contribution < 1.29 is 19.6 Å². The van der Waals surface area contributed by atoms with Gasteiger partial charge >= 0.3 is 0 Å². The quantitative estimate of drug-likeness (QED) is 0.415. The van der Waals surface area contributed by atoms with E-state index in [-0.39, 0.29) is 11.3 Å². The Hall–Kier alpha value is -2.44. The fourth-order valence-corrected chi connectivity index (χ4v) is 3.71. The number of benzene rings is 2. The predicted octanol–water partition coefficient (Wildman–Crippen LogP) is 1.21. The molecule has 146 valence electrons. The second-order valence-electron chi connectivity index (χ2n) is 7.20. The Morgan fingerprint density at radius 2 is 1.71 bits per heavy atom. The van der Waals surface area contributed by atoms with Crippen LogP contribution in [-0.2, 0) is 9.59 Å². The molecule has 0 radical (unpaired) electrons. The summed E-state index contributed by atoms with van der Waals surface area (Å²) in [5.41, 5.74) is 1.22.